The Hall–Kier alpha value is -2.43. The second-order valence-electron chi connectivity index (χ2n) is 7.31. The number of rotatable bonds is 5. The number of piperidine rings is 1. The molecule has 2 heterocycles. The van der Waals surface area contributed by atoms with Crippen LogP contribution < -0.4 is 5.56 Å². The predicted octanol–water partition coefficient (Wildman–Crippen LogP) is 2.80. The highest BCUT2D eigenvalue weighted by molar-refractivity contribution is 5.78. The molecular weight excluding hydrogens is 326 g/mol. The second-order valence-corrected chi connectivity index (χ2v) is 7.31. The van der Waals surface area contributed by atoms with E-state index >= 15 is 0 Å². The Balaban J connectivity index is 1.56. The molecule has 1 aliphatic heterocycles. The van der Waals surface area contributed by atoms with E-state index in [1.54, 1.807) is 6.92 Å². The lowest BCUT2D eigenvalue weighted by Gasteiger charge is -2.33. The number of aromatic nitrogens is 2. The predicted molar refractivity (Wildman–Crippen MR) is 102 cm³/mol. The average Bonchev–Trinajstić information content (AvgIpc) is 2.63. The summed E-state index contributed by atoms with van der Waals surface area (Å²) in [5, 5.41) is 0. The fourth-order valence-corrected chi connectivity index (χ4v) is 3.69. The van der Waals surface area contributed by atoms with E-state index in [2.05, 4.69) is 41.2 Å². The van der Waals surface area contributed by atoms with Gasteiger partial charge in [-0.15, -0.1) is 0 Å². The van der Waals surface area contributed by atoms with Crippen LogP contribution in [0.15, 0.2) is 35.3 Å². The molecule has 3 rings (SSSR count). The summed E-state index contributed by atoms with van der Waals surface area (Å²) in [6.45, 7) is 5.47. The zero-order valence-corrected chi connectivity index (χ0v) is 15.6. The third-order valence-corrected chi connectivity index (χ3v) is 5.30. The molecule has 5 nitrogen and oxygen atoms in total. The molecule has 5 heteroatoms. The number of carbonyl (C=O) groups is 1. The first-order valence-corrected chi connectivity index (χ1v) is 9.40. The lowest BCUT2D eigenvalue weighted by Crippen LogP contribution is -2.41. The molecule has 1 atom stereocenters. The van der Waals surface area contributed by atoms with Gasteiger partial charge in [-0.05, 0) is 56.6 Å². The Morgan fingerprint density at radius 3 is 2.85 bits per heavy atom. The van der Waals surface area contributed by atoms with Crippen LogP contribution in [0.3, 0.4) is 0 Å². The van der Waals surface area contributed by atoms with Crippen LogP contribution in [-0.4, -0.2) is 33.9 Å². The van der Waals surface area contributed by atoms with Crippen molar-refractivity contribution in [1.82, 2.24) is 14.9 Å². The van der Waals surface area contributed by atoms with Crippen molar-refractivity contribution < 1.29 is 4.79 Å². The first-order chi connectivity index (χ1) is 12.5. The fraction of sp³-hybridized carbons (Fsp3) is 0.476. The van der Waals surface area contributed by atoms with Gasteiger partial charge in [-0.1, -0.05) is 24.3 Å². The number of nitrogens with one attached hydrogen (secondary N) is 1. The summed E-state index contributed by atoms with van der Waals surface area (Å²) in [5.41, 5.74) is 2.97. The maximum atomic E-state index is 12.6. The van der Waals surface area contributed by atoms with E-state index < -0.39 is 0 Å². The van der Waals surface area contributed by atoms with Gasteiger partial charge in [-0.2, -0.15) is 0 Å². The van der Waals surface area contributed by atoms with Crippen LogP contribution in [0.4, 0.5) is 0 Å². The number of benzene rings is 1. The van der Waals surface area contributed by atoms with E-state index in [0.717, 1.165) is 32.4 Å². The van der Waals surface area contributed by atoms with E-state index in [9.17, 15) is 9.59 Å². The SMILES string of the molecule is Cc1ncc(CC(=O)N2CCCC(CCc3ccccc3C)C2)c(=O)[nH]1. The van der Waals surface area contributed by atoms with Crippen LogP contribution in [0.5, 0.6) is 0 Å². The molecular formula is C21H27N3O2. The van der Waals surface area contributed by atoms with Gasteiger partial charge in [0.15, 0.2) is 0 Å². The van der Waals surface area contributed by atoms with Crippen LogP contribution in [-0.2, 0) is 17.6 Å². The molecule has 1 amide bonds. The topological polar surface area (TPSA) is 66.1 Å². The molecule has 0 saturated carbocycles. The number of hydrogen-bond donors (Lipinski definition) is 1. The van der Waals surface area contributed by atoms with Crippen LogP contribution in [0.1, 0.15) is 41.8 Å². The monoisotopic (exact) mass is 353 g/mol. The number of nitrogens with zero attached hydrogens (tertiary/aromatic N) is 2. The largest absolute Gasteiger partial charge is 0.342 e. The van der Waals surface area contributed by atoms with Crippen molar-refractivity contribution >= 4 is 5.91 Å². The van der Waals surface area contributed by atoms with Gasteiger partial charge < -0.3 is 9.88 Å². The normalized spacial score (nSPS) is 17.3. The van der Waals surface area contributed by atoms with Crippen molar-refractivity contribution in [3.05, 3.63) is 63.3 Å². The summed E-state index contributed by atoms with van der Waals surface area (Å²) in [7, 11) is 0. The standard InChI is InChI=1S/C21H27N3O2/c1-15-6-3-4-8-18(15)10-9-17-7-5-11-24(14-17)20(25)12-19-13-22-16(2)23-21(19)26/h3-4,6,8,13,17H,5,7,9-12,14H2,1-2H3,(H,22,23,26). The van der Waals surface area contributed by atoms with Gasteiger partial charge in [0.2, 0.25) is 5.91 Å². The Morgan fingerprint density at radius 2 is 2.08 bits per heavy atom. The molecule has 1 aromatic carbocycles. The van der Waals surface area contributed by atoms with Crippen molar-refractivity contribution in [1.29, 1.82) is 0 Å². The number of carbonyl (C=O) groups excluding carboxylic acids is 1. The first kappa shape index (κ1) is 18.4. The number of aromatic amines is 1. The lowest BCUT2D eigenvalue weighted by molar-refractivity contribution is -0.132. The minimum atomic E-state index is -0.209. The van der Waals surface area contributed by atoms with Gasteiger partial charge in [0.1, 0.15) is 5.82 Å². The third kappa shape index (κ3) is 4.59. The van der Waals surface area contributed by atoms with Crippen molar-refractivity contribution in [2.75, 3.05) is 13.1 Å². The average molecular weight is 353 g/mol. The molecule has 1 unspecified atom stereocenters. The zero-order valence-electron chi connectivity index (χ0n) is 15.6. The summed E-state index contributed by atoms with van der Waals surface area (Å²) >= 11 is 0. The van der Waals surface area contributed by atoms with Gasteiger partial charge in [-0.25, -0.2) is 4.98 Å². The van der Waals surface area contributed by atoms with Gasteiger partial charge in [0.05, 0.1) is 6.42 Å². The molecule has 2 aromatic rings. The summed E-state index contributed by atoms with van der Waals surface area (Å²) in [4.78, 5) is 33.3. The van der Waals surface area contributed by atoms with Gasteiger partial charge in [0.25, 0.3) is 5.56 Å². The highest BCUT2D eigenvalue weighted by atomic mass is 16.2. The minimum absolute atomic E-state index is 0.0294. The number of aryl methyl sites for hydroxylation is 3. The zero-order chi connectivity index (χ0) is 18.5. The third-order valence-electron chi connectivity index (χ3n) is 5.30. The second kappa shape index (κ2) is 8.30. The molecule has 0 bridgehead atoms. The smallest absolute Gasteiger partial charge is 0.254 e. The maximum absolute atomic E-state index is 12.6. The van der Waals surface area contributed by atoms with Gasteiger partial charge in [-0.3, -0.25) is 9.59 Å². The molecule has 1 fully saturated rings. The van der Waals surface area contributed by atoms with Crippen LogP contribution >= 0.6 is 0 Å². The van der Waals surface area contributed by atoms with E-state index in [-0.39, 0.29) is 17.9 Å². The van der Waals surface area contributed by atoms with E-state index in [1.165, 1.54) is 23.7 Å². The fourth-order valence-electron chi connectivity index (χ4n) is 3.69. The quantitative estimate of drug-likeness (QED) is 0.899. The molecule has 0 aliphatic carbocycles. The minimum Gasteiger partial charge on any atom is -0.342 e. The molecule has 138 valence electrons. The number of hydrogen-bond acceptors (Lipinski definition) is 3. The summed E-state index contributed by atoms with van der Waals surface area (Å²) in [6.07, 6.45) is 6.01. The number of likely N-dealkylation sites (tertiary alicyclic amines) is 1. The molecule has 1 N–H and O–H groups in total. The lowest BCUT2D eigenvalue weighted by atomic mass is 9.90. The van der Waals surface area contributed by atoms with E-state index in [4.69, 9.17) is 0 Å². The molecule has 1 saturated heterocycles. The van der Waals surface area contributed by atoms with Crippen LogP contribution in [0.25, 0.3) is 0 Å². The highest BCUT2D eigenvalue weighted by Gasteiger charge is 2.24. The Morgan fingerprint density at radius 1 is 1.27 bits per heavy atom. The Kier molecular flexibility index (Phi) is 5.86. The summed E-state index contributed by atoms with van der Waals surface area (Å²) in [6, 6.07) is 8.50. The Bertz CT molecular complexity index is 828. The van der Waals surface area contributed by atoms with Crippen molar-refractivity contribution in [3.8, 4) is 0 Å². The van der Waals surface area contributed by atoms with Gasteiger partial charge >= 0.3 is 0 Å². The molecule has 26 heavy (non-hydrogen) atoms. The molecule has 1 aliphatic rings. The highest BCUT2D eigenvalue weighted by Crippen LogP contribution is 2.23. The molecule has 1 aromatic heterocycles. The van der Waals surface area contributed by atoms with E-state index in [1.807, 2.05) is 4.90 Å². The summed E-state index contributed by atoms with van der Waals surface area (Å²) < 4.78 is 0. The Labute approximate surface area is 154 Å². The van der Waals surface area contributed by atoms with Gasteiger partial charge in [0, 0.05) is 24.8 Å². The molecule has 0 spiro atoms. The number of H-pyrrole nitrogens is 1. The van der Waals surface area contributed by atoms with Crippen molar-refractivity contribution in [2.45, 2.75) is 46.0 Å². The van der Waals surface area contributed by atoms with Crippen molar-refractivity contribution in [2.24, 2.45) is 5.92 Å². The van der Waals surface area contributed by atoms with Crippen LogP contribution in [0, 0.1) is 19.8 Å². The summed E-state index contributed by atoms with van der Waals surface area (Å²) in [5.74, 6) is 1.13. The maximum Gasteiger partial charge on any atom is 0.254 e. The van der Waals surface area contributed by atoms with Crippen molar-refractivity contribution in [3.63, 3.8) is 0 Å². The number of amides is 1. The van der Waals surface area contributed by atoms with Crippen LogP contribution in [0.2, 0.25) is 0 Å². The molecule has 0 radical (unpaired) electrons. The van der Waals surface area contributed by atoms with E-state index in [0.29, 0.717) is 17.3 Å². The first-order valence-electron chi connectivity index (χ1n) is 9.40.